The Morgan fingerprint density at radius 1 is 1.05 bits per heavy atom. The summed E-state index contributed by atoms with van der Waals surface area (Å²) in [6, 6.07) is 10.8. The van der Waals surface area contributed by atoms with E-state index in [1.807, 2.05) is 6.07 Å². The number of nitro benzene ring substituents is 1. The maximum atomic E-state index is 13.1. The predicted molar refractivity (Wildman–Crippen MR) is 127 cm³/mol. The normalized spacial score (nSPS) is 15.3. The number of benzene rings is 2. The number of hydrogen-bond acceptors (Lipinski definition) is 9. The van der Waals surface area contributed by atoms with Crippen molar-refractivity contribution in [2.45, 2.75) is 30.3 Å². The van der Waals surface area contributed by atoms with Crippen molar-refractivity contribution in [3.05, 3.63) is 63.7 Å². The van der Waals surface area contributed by atoms with Crippen molar-refractivity contribution in [2.75, 3.05) is 31.1 Å². The quantitative estimate of drug-likeness (QED) is 0.328. The summed E-state index contributed by atoms with van der Waals surface area (Å²) < 4.78 is 71.9. The molecule has 38 heavy (non-hydrogen) atoms. The zero-order valence-electron chi connectivity index (χ0n) is 20.1. The van der Waals surface area contributed by atoms with Gasteiger partial charge in [0.25, 0.3) is 5.69 Å². The van der Waals surface area contributed by atoms with Gasteiger partial charge in [-0.15, -0.1) is 5.10 Å². The third-order valence-electron chi connectivity index (χ3n) is 6.13. The molecule has 11 nitrogen and oxygen atoms in total. The third-order valence-corrected chi connectivity index (χ3v) is 8.08. The number of rotatable bonds is 6. The number of nitrogens with zero attached hydrogens (tertiary/aromatic N) is 6. The molecule has 1 aliphatic heterocycles. The van der Waals surface area contributed by atoms with E-state index in [0.717, 1.165) is 9.87 Å². The topological polar surface area (TPSA) is 146 Å². The van der Waals surface area contributed by atoms with Crippen LogP contribution < -0.4 is 4.90 Å². The highest BCUT2D eigenvalue weighted by Crippen LogP contribution is 2.36. The van der Waals surface area contributed by atoms with Crippen molar-refractivity contribution in [3.63, 3.8) is 0 Å². The highest BCUT2D eigenvalue weighted by Gasteiger charge is 2.38. The van der Waals surface area contributed by atoms with Crippen LogP contribution in [0.5, 0.6) is 0 Å². The standard InChI is InChI=1S/C23H21F3N6O5S/c1-22(2,14-27)16-5-3-4-15(12-16)20-28-29-21(37-20)30-8-10-31(11-9-30)38(35,36)19-7-6-17(23(24,25)26)13-18(19)32(33)34/h3-7,12-13H,8-11H2,1-2H3. The van der Waals surface area contributed by atoms with Crippen molar-refractivity contribution >= 4 is 21.7 Å². The fourth-order valence-electron chi connectivity index (χ4n) is 3.88. The molecular formula is C23H21F3N6O5S. The molecule has 2 heterocycles. The lowest BCUT2D eigenvalue weighted by molar-refractivity contribution is -0.388. The van der Waals surface area contributed by atoms with Gasteiger partial charge in [-0.2, -0.15) is 22.7 Å². The van der Waals surface area contributed by atoms with Gasteiger partial charge in [0.1, 0.15) is 0 Å². The minimum atomic E-state index is -4.87. The average Bonchev–Trinajstić information content (AvgIpc) is 3.38. The Labute approximate surface area is 215 Å². The molecule has 1 aliphatic rings. The first-order valence-corrected chi connectivity index (χ1v) is 12.6. The highest BCUT2D eigenvalue weighted by molar-refractivity contribution is 7.89. The Hall–Kier alpha value is -4.03. The zero-order chi connectivity index (χ0) is 27.9. The van der Waals surface area contributed by atoms with Gasteiger partial charge in [-0.3, -0.25) is 10.1 Å². The van der Waals surface area contributed by atoms with Gasteiger partial charge >= 0.3 is 12.2 Å². The van der Waals surface area contributed by atoms with E-state index >= 15 is 0 Å². The van der Waals surface area contributed by atoms with Crippen LogP contribution in [0.15, 0.2) is 51.8 Å². The van der Waals surface area contributed by atoms with Crippen LogP contribution in [0.4, 0.5) is 24.9 Å². The zero-order valence-corrected chi connectivity index (χ0v) is 21.0. The Kier molecular flexibility index (Phi) is 6.89. The maximum absolute atomic E-state index is 13.1. The van der Waals surface area contributed by atoms with Crippen LogP contribution in [0.2, 0.25) is 0 Å². The number of anilines is 1. The first-order chi connectivity index (χ1) is 17.7. The lowest BCUT2D eigenvalue weighted by Gasteiger charge is -2.32. The number of aromatic nitrogens is 2. The average molecular weight is 551 g/mol. The van der Waals surface area contributed by atoms with E-state index in [9.17, 15) is 37.0 Å². The van der Waals surface area contributed by atoms with E-state index in [1.54, 1.807) is 36.9 Å². The molecule has 0 unspecified atom stereocenters. The second-order valence-electron chi connectivity index (χ2n) is 9.04. The predicted octanol–water partition coefficient (Wildman–Crippen LogP) is 3.98. The minimum Gasteiger partial charge on any atom is -0.403 e. The molecule has 0 spiro atoms. The number of hydrogen-bond donors (Lipinski definition) is 0. The van der Waals surface area contributed by atoms with Gasteiger partial charge in [0.15, 0.2) is 4.90 Å². The van der Waals surface area contributed by atoms with Crippen molar-refractivity contribution in [2.24, 2.45) is 0 Å². The van der Waals surface area contributed by atoms with Gasteiger partial charge in [-0.05, 0) is 43.7 Å². The van der Waals surface area contributed by atoms with Gasteiger partial charge in [-0.25, -0.2) is 8.42 Å². The maximum Gasteiger partial charge on any atom is 0.416 e. The van der Waals surface area contributed by atoms with E-state index < -0.39 is 42.7 Å². The largest absolute Gasteiger partial charge is 0.416 e. The fourth-order valence-corrected chi connectivity index (χ4v) is 5.44. The molecule has 0 atom stereocenters. The van der Waals surface area contributed by atoms with E-state index in [-0.39, 0.29) is 44.2 Å². The molecule has 0 radical (unpaired) electrons. The van der Waals surface area contributed by atoms with Crippen molar-refractivity contribution in [1.82, 2.24) is 14.5 Å². The summed E-state index contributed by atoms with van der Waals surface area (Å²) in [6.45, 7) is 3.50. The number of halogens is 3. The summed E-state index contributed by atoms with van der Waals surface area (Å²) in [4.78, 5) is 11.1. The van der Waals surface area contributed by atoms with Crippen molar-refractivity contribution in [3.8, 4) is 17.5 Å². The Morgan fingerprint density at radius 3 is 2.34 bits per heavy atom. The lowest BCUT2D eigenvalue weighted by atomic mass is 9.85. The molecule has 0 bridgehead atoms. The number of sulfonamides is 1. The molecule has 4 rings (SSSR count). The van der Waals surface area contributed by atoms with Gasteiger partial charge in [0.2, 0.25) is 15.9 Å². The molecule has 0 N–H and O–H groups in total. The molecule has 0 amide bonds. The molecule has 1 aromatic heterocycles. The first-order valence-electron chi connectivity index (χ1n) is 11.2. The molecule has 200 valence electrons. The summed E-state index contributed by atoms with van der Waals surface area (Å²) >= 11 is 0. The number of piperazine rings is 1. The first kappa shape index (κ1) is 27.0. The summed E-state index contributed by atoms with van der Waals surface area (Å²) in [5, 5.41) is 28.8. The third kappa shape index (κ3) is 5.18. The van der Waals surface area contributed by atoms with Gasteiger partial charge in [-0.1, -0.05) is 17.2 Å². The molecule has 1 fully saturated rings. The van der Waals surface area contributed by atoms with Crippen LogP contribution >= 0.6 is 0 Å². The second-order valence-corrected chi connectivity index (χ2v) is 10.9. The lowest BCUT2D eigenvalue weighted by Crippen LogP contribution is -2.48. The number of alkyl halides is 3. The van der Waals surface area contributed by atoms with Crippen LogP contribution in [0.25, 0.3) is 11.5 Å². The Balaban J connectivity index is 1.51. The number of nitriles is 1. The van der Waals surface area contributed by atoms with Crippen LogP contribution in [0, 0.1) is 21.4 Å². The van der Waals surface area contributed by atoms with E-state index in [0.29, 0.717) is 17.7 Å². The Bertz CT molecular complexity index is 1520. The summed E-state index contributed by atoms with van der Waals surface area (Å²) in [6.07, 6.45) is -4.87. The van der Waals surface area contributed by atoms with Crippen molar-refractivity contribution in [1.29, 1.82) is 5.26 Å². The van der Waals surface area contributed by atoms with Crippen molar-refractivity contribution < 1.29 is 30.9 Å². The van der Waals surface area contributed by atoms with Gasteiger partial charge in [0.05, 0.1) is 22.0 Å². The second kappa shape index (κ2) is 9.69. The molecule has 15 heteroatoms. The van der Waals surface area contributed by atoms with Crippen LogP contribution in [0.3, 0.4) is 0 Å². The highest BCUT2D eigenvalue weighted by atomic mass is 32.2. The van der Waals surface area contributed by atoms with Gasteiger partial charge < -0.3 is 9.32 Å². The molecule has 0 aliphatic carbocycles. The van der Waals surface area contributed by atoms with E-state index in [4.69, 9.17) is 4.42 Å². The monoisotopic (exact) mass is 550 g/mol. The molecule has 0 saturated carbocycles. The SMILES string of the molecule is CC(C)(C#N)c1cccc(-c2nnc(N3CCN(S(=O)(=O)c4ccc(C(F)(F)F)cc4[N+](=O)[O-])CC3)o2)c1. The number of nitro groups is 1. The molecular weight excluding hydrogens is 529 g/mol. The van der Waals surface area contributed by atoms with E-state index in [2.05, 4.69) is 16.3 Å². The molecule has 1 saturated heterocycles. The van der Waals surface area contributed by atoms with Crippen LogP contribution in [-0.2, 0) is 21.6 Å². The van der Waals surface area contributed by atoms with Crippen LogP contribution in [-0.4, -0.2) is 54.0 Å². The van der Waals surface area contributed by atoms with E-state index in [1.165, 1.54) is 0 Å². The van der Waals surface area contributed by atoms with Crippen LogP contribution in [0.1, 0.15) is 25.0 Å². The smallest absolute Gasteiger partial charge is 0.403 e. The van der Waals surface area contributed by atoms with Gasteiger partial charge in [0, 0.05) is 37.8 Å². The summed E-state index contributed by atoms with van der Waals surface area (Å²) in [7, 11) is -4.46. The summed E-state index contributed by atoms with van der Waals surface area (Å²) in [5.74, 6) is 0.200. The Morgan fingerprint density at radius 2 is 1.74 bits per heavy atom. The minimum absolute atomic E-state index is 0.0940. The molecule has 2 aromatic carbocycles. The molecule has 3 aromatic rings. The fraction of sp³-hybridized carbons (Fsp3) is 0.348. The summed E-state index contributed by atoms with van der Waals surface area (Å²) in [5.41, 5.74) is -1.84.